The Kier molecular flexibility index (Phi) is 7.40. The summed E-state index contributed by atoms with van der Waals surface area (Å²) in [6, 6.07) is 1.45. The average molecular weight is 693 g/mol. The minimum absolute atomic E-state index is 0.243. The van der Waals surface area contributed by atoms with Gasteiger partial charge in [-0.2, -0.15) is 0 Å². The fraction of sp³-hybridized carbons (Fsp3) is 0.667. The molecular formula is C33H40O16. The summed E-state index contributed by atoms with van der Waals surface area (Å²) >= 11 is 0. The number of rotatable bonds is 6. The van der Waals surface area contributed by atoms with Crippen LogP contribution < -0.4 is 0 Å². The van der Waals surface area contributed by atoms with Crippen molar-refractivity contribution in [3.63, 3.8) is 0 Å². The van der Waals surface area contributed by atoms with E-state index in [9.17, 15) is 49.5 Å². The lowest BCUT2D eigenvalue weighted by molar-refractivity contribution is -0.422. The highest BCUT2D eigenvalue weighted by atomic mass is 16.6. The molecule has 1 aromatic heterocycles. The van der Waals surface area contributed by atoms with Gasteiger partial charge in [0.05, 0.1) is 25.1 Å². The molecule has 16 heteroatoms. The summed E-state index contributed by atoms with van der Waals surface area (Å²) in [5.74, 6) is -6.67. The van der Waals surface area contributed by atoms with Crippen molar-refractivity contribution < 1.29 is 77.6 Å². The van der Waals surface area contributed by atoms with Gasteiger partial charge in [-0.1, -0.05) is 13.8 Å². The largest absolute Gasteiger partial charge is 0.472 e. The summed E-state index contributed by atoms with van der Waals surface area (Å²) in [6.45, 7) is 7.15. The summed E-state index contributed by atoms with van der Waals surface area (Å²) in [5, 5.41) is 64.6. The van der Waals surface area contributed by atoms with Crippen LogP contribution in [0.4, 0.5) is 0 Å². The van der Waals surface area contributed by atoms with Gasteiger partial charge in [-0.15, -0.1) is 0 Å². The van der Waals surface area contributed by atoms with E-state index in [1.165, 1.54) is 39.4 Å². The van der Waals surface area contributed by atoms with Crippen molar-refractivity contribution in [2.24, 2.45) is 22.2 Å². The molecule has 4 saturated carbocycles. The Balaban J connectivity index is 1.73. The van der Waals surface area contributed by atoms with Crippen molar-refractivity contribution in [2.75, 3.05) is 7.11 Å². The smallest absolute Gasteiger partial charge is 0.347 e. The maximum Gasteiger partial charge on any atom is 0.347 e. The number of aliphatic hydroxyl groups excluding tert-OH is 1. The number of hydrogen-bond donors (Lipinski definition) is 5. The molecule has 4 aliphatic carbocycles. The maximum absolute atomic E-state index is 13.5. The third-order valence-electron chi connectivity index (χ3n) is 12.4. The third kappa shape index (κ3) is 3.78. The summed E-state index contributed by atoms with van der Waals surface area (Å²) in [4.78, 5) is 64.6. The highest BCUT2D eigenvalue weighted by molar-refractivity contribution is 5.86. The van der Waals surface area contributed by atoms with E-state index in [2.05, 4.69) is 0 Å². The molecule has 0 saturated heterocycles. The molecule has 0 aromatic carbocycles. The van der Waals surface area contributed by atoms with Crippen molar-refractivity contribution in [3.8, 4) is 0 Å². The molecule has 268 valence electrons. The van der Waals surface area contributed by atoms with Crippen molar-refractivity contribution in [1.82, 2.24) is 0 Å². The lowest BCUT2D eigenvalue weighted by Crippen LogP contribution is -2.93. The van der Waals surface area contributed by atoms with Crippen LogP contribution >= 0.6 is 0 Å². The van der Waals surface area contributed by atoms with Gasteiger partial charge in [0.15, 0.2) is 5.60 Å². The van der Waals surface area contributed by atoms with Crippen LogP contribution in [0, 0.1) is 22.2 Å². The van der Waals surface area contributed by atoms with E-state index in [1.54, 1.807) is 0 Å². The van der Waals surface area contributed by atoms with E-state index in [4.69, 9.17) is 28.1 Å². The molecule has 5 aliphatic rings. The Morgan fingerprint density at radius 1 is 0.959 bits per heavy atom. The van der Waals surface area contributed by atoms with Crippen molar-refractivity contribution in [2.45, 2.75) is 107 Å². The zero-order valence-corrected chi connectivity index (χ0v) is 27.9. The van der Waals surface area contributed by atoms with Crippen LogP contribution in [0.2, 0.25) is 0 Å². The predicted octanol–water partition coefficient (Wildman–Crippen LogP) is -0.473. The quantitative estimate of drug-likeness (QED) is 0.187. The fourth-order valence-corrected chi connectivity index (χ4v) is 10.8. The zero-order chi connectivity index (χ0) is 36.5. The Labute approximate surface area is 279 Å². The molecule has 6 rings (SSSR count). The SMILES string of the molecule is COC(=O)[C@@H](OC(C)=O)[C@@H]1[C@@]2(C)C[C@@]3(O)[C@@](O)([C@@H]2OC(C)=O)[C@@H](O)[C@@]2(O)C4=CC(=O)O[C@H](c5ccoc5)[C@@]4(C)[C@H](OC(C)=O)C[C@@]2(O)[C@@]13C. The Morgan fingerprint density at radius 2 is 1.59 bits per heavy atom. The van der Waals surface area contributed by atoms with Crippen LogP contribution in [0.3, 0.4) is 0 Å². The molecule has 4 fully saturated rings. The first-order valence-electron chi connectivity index (χ1n) is 15.7. The fourth-order valence-electron chi connectivity index (χ4n) is 10.8. The number of carbonyl (C=O) groups is 5. The van der Waals surface area contributed by atoms with Crippen molar-refractivity contribution in [1.29, 1.82) is 0 Å². The van der Waals surface area contributed by atoms with Gasteiger partial charge in [0, 0.05) is 55.6 Å². The predicted molar refractivity (Wildman–Crippen MR) is 157 cm³/mol. The third-order valence-corrected chi connectivity index (χ3v) is 12.4. The van der Waals surface area contributed by atoms with Crippen molar-refractivity contribution >= 4 is 29.8 Å². The number of fused-ring (bicyclic) bond motifs is 5. The van der Waals surface area contributed by atoms with Crippen LogP contribution in [-0.2, 0) is 47.7 Å². The molecule has 13 atom stereocenters. The Hall–Kier alpha value is -3.83. The average Bonchev–Trinajstić information content (AvgIpc) is 3.65. The van der Waals surface area contributed by atoms with Gasteiger partial charge in [0.25, 0.3) is 0 Å². The molecule has 49 heavy (non-hydrogen) atoms. The Morgan fingerprint density at radius 3 is 2.12 bits per heavy atom. The van der Waals surface area contributed by atoms with E-state index in [-0.39, 0.29) is 5.56 Å². The van der Waals surface area contributed by atoms with E-state index in [0.717, 1.165) is 34.0 Å². The number of carbonyl (C=O) groups excluding carboxylic acids is 5. The minimum Gasteiger partial charge on any atom is -0.472 e. The summed E-state index contributed by atoms with van der Waals surface area (Å²) in [7, 11) is 0.998. The van der Waals surface area contributed by atoms with Gasteiger partial charge >= 0.3 is 29.8 Å². The standard InChI is InChI=1S/C33H40O16/c1-14(34)46-19-11-30(40)29(6)22(21(24(38)44-7)47-15(2)35)27(4)13-31(29,41)33(43,26(27)48-16(3)36)25(39)32(30,42)18-10-20(37)49-23(28(18,19)5)17-8-9-45-12-17/h8-10,12,19,21-23,25-26,39-43H,11,13H2,1-7H3/t19-,21+,22-,23-,25+,26-,27-,28-,29-,30-,31+,32+,33+/m1/s1. The molecule has 2 heterocycles. The highest BCUT2D eigenvalue weighted by Gasteiger charge is 2.98. The van der Waals surface area contributed by atoms with E-state index < -0.39 is 123 Å². The first-order chi connectivity index (χ1) is 22.6. The molecule has 1 aliphatic heterocycles. The maximum atomic E-state index is 13.5. The topological polar surface area (TPSA) is 246 Å². The zero-order valence-electron chi connectivity index (χ0n) is 27.9. The summed E-state index contributed by atoms with van der Waals surface area (Å²) in [5.41, 5.74) is -18.1. The molecule has 16 nitrogen and oxygen atoms in total. The van der Waals surface area contributed by atoms with Gasteiger partial charge in [0.2, 0.25) is 6.10 Å². The van der Waals surface area contributed by atoms with Crippen LogP contribution in [-0.4, -0.2) is 109 Å². The highest BCUT2D eigenvalue weighted by Crippen LogP contribution is 2.83. The lowest BCUT2D eigenvalue weighted by Gasteiger charge is -2.75. The van der Waals surface area contributed by atoms with Crippen LogP contribution in [0.1, 0.15) is 66.1 Å². The molecule has 5 N–H and O–H groups in total. The van der Waals surface area contributed by atoms with Gasteiger partial charge in [-0.05, 0) is 25.0 Å². The molecule has 2 bridgehead atoms. The van der Waals surface area contributed by atoms with Crippen LogP contribution in [0.5, 0.6) is 0 Å². The van der Waals surface area contributed by atoms with Gasteiger partial charge in [-0.3, -0.25) is 14.4 Å². The van der Waals surface area contributed by atoms with Gasteiger partial charge < -0.3 is 53.6 Å². The van der Waals surface area contributed by atoms with Crippen LogP contribution in [0.25, 0.3) is 0 Å². The second-order valence-electron chi connectivity index (χ2n) is 14.6. The molecule has 0 radical (unpaired) electrons. The second kappa shape index (κ2) is 10.4. The number of cyclic esters (lactones) is 1. The number of esters is 5. The summed E-state index contributed by atoms with van der Waals surface area (Å²) in [6.07, 6.45) is -7.41. The van der Waals surface area contributed by atoms with E-state index >= 15 is 0 Å². The molecule has 0 amide bonds. The molecule has 1 aromatic rings. The first-order valence-corrected chi connectivity index (χ1v) is 15.7. The monoisotopic (exact) mass is 692 g/mol. The van der Waals surface area contributed by atoms with Crippen LogP contribution in [0.15, 0.2) is 34.7 Å². The molecule has 0 unspecified atom stereocenters. The first kappa shape index (κ1) is 35.0. The van der Waals surface area contributed by atoms with Crippen molar-refractivity contribution in [3.05, 3.63) is 35.8 Å². The van der Waals surface area contributed by atoms with E-state index in [0.29, 0.717) is 0 Å². The normalized spacial score (nSPS) is 46.7. The van der Waals surface area contributed by atoms with Gasteiger partial charge in [0.1, 0.15) is 41.2 Å². The molecule has 0 spiro atoms. The second-order valence-corrected chi connectivity index (χ2v) is 14.6. The number of methoxy groups -OCH3 is 1. The van der Waals surface area contributed by atoms with Gasteiger partial charge in [-0.25, -0.2) is 9.59 Å². The lowest BCUT2D eigenvalue weighted by atomic mass is 9.34. The minimum atomic E-state index is -3.16. The summed E-state index contributed by atoms with van der Waals surface area (Å²) < 4.78 is 32.8. The molecular weight excluding hydrogens is 652 g/mol. The Bertz CT molecular complexity index is 1670. The number of furan rings is 1. The number of aliphatic hydroxyl groups is 5. The number of hydrogen-bond acceptors (Lipinski definition) is 16. The van der Waals surface area contributed by atoms with E-state index in [1.807, 2.05) is 0 Å². The number of ether oxygens (including phenoxy) is 5.